The van der Waals surface area contributed by atoms with Gasteiger partial charge < -0.3 is 19.9 Å². The van der Waals surface area contributed by atoms with Gasteiger partial charge in [-0.05, 0) is 49.5 Å². The second-order valence-corrected chi connectivity index (χ2v) is 8.68. The maximum Gasteiger partial charge on any atom is 0.420 e. The minimum atomic E-state index is -4.60. The maximum atomic E-state index is 13.0. The first kappa shape index (κ1) is 25.5. The minimum Gasteiger partial charge on any atom is -0.408 e. The third-order valence-corrected chi connectivity index (χ3v) is 6.00. The second kappa shape index (κ2) is 10.6. The number of halogens is 4. The van der Waals surface area contributed by atoms with E-state index in [4.69, 9.17) is 16.3 Å². The molecule has 1 amide bonds. The minimum absolute atomic E-state index is 0.130. The van der Waals surface area contributed by atoms with Crippen LogP contribution in [-0.4, -0.2) is 61.2 Å². The van der Waals surface area contributed by atoms with Crippen molar-refractivity contribution in [2.24, 2.45) is 0 Å². The van der Waals surface area contributed by atoms with Gasteiger partial charge in [-0.3, -0.25) is 4.90 Å². The summed E-state index contributed by atoms with van der Waals surface area (Å²) < 4.78 is 44.1. The number of anilines is 4. The number of alkyl halides is 3. The molecule has 2 heterocycles. The van der Waals surface area contributed by atoms with Crippen LogP contribution in [0.15, 0.2) is 54.7 Å². The summed E-state index contributed by atoms with van der Waals surface area (Å²) in [4.78, 5) is 26.8. The normalized spacial score (nSPS) is 14.4. The van der Waals surface area contributed by atoms with Crippen LogP contribution in [0.2, 0.25) is 5.02 Å². The molecule has 8 nitrogen and oxygen atoms in total. The van der Waals surface area contributed by atoms with Crippen LogP contribution in [0.5, 0.6) is 5.75 Å². The van der Waals surface area contributed by atoms with Crippen LogP contribution < -0.4 is 19.9 Å². The molecule has 4 rings (SSSR count). The number of aromatic nitrogens is 2. The molecule has 0 unspecified atom stereocenters. The number of nitrogens with one attached hydrogen (secondary N) is 1. The lowest BCUT2D eigenvalue weighted by atomic mass is 10.2. The van der Waals surface area contributed by atoms with E-state index in [1.54, 1.807) is 0 Å². The van der Waals surface area contributed by atoms with Crippen molar-refractivity contribution in [1.82, 2.24) is 14.9 Å². The summed E-state index contributed by atoms with van der Waals surface area (Å²) in [5.74, 6) is 0.00654. The lowest BCUT2D eigenvalue weighted by Gasteiger charge is -2.34. The van der Waals surface area contributed by atoms with Crippen LogP contribution >= 0.6 is 11.6 Å². The number of piperazine rings is 1. The molecule has 1 aliphatic heterocycles. The molecule has 1 aromatic heterocycles. The molecular weight excluding hydrogens is 497 g/mol. The third kappa shape index (κ3) is 6.16. The van der Waals surface area contributed by atoms with Crippen LogP contribution in [0.25, 0.3) is 0 Å². The number of benzene rings is 2. The van der Waals surface area contributed by atoms with Crippen molar-refractivity contribution in [3.8, 4) is 5.75 Å². The van der Waals surface area contributed by atoms with E-state index in [1.807, 2.05) is 24.3 Å². The van der Waals surface area contributed by atoms with Gasteiger partial charge in [-0.15, -0.1) is 0 Å². The highest BCUT2D eigenvalue weighted by molar-refractivity contribution is 6.32. The Labute approximate surface area is 211 Å². The van der Waals surface area contributed by atoms with Gasteiger partial charge in [0.05, 0.1) is 10.6 Å². The zero-order valence-corrected chi connectivity index (χ0v) is 20.3. The fraction of sp³-hybridized carbons (Fsp3) is 0.292. The first-order valence-corrected chi connectivity index (χ1v) is 11.4. The van der Waals surface area contributed by atoms with Gasteiger partial charge in [0, 0.05) is 50.8 Å². The van der Waals surface area contributed by atoms with Gasteiger partial charge >= 0.3 is 12.3 Å². The van der Waals surface area contributed by atoms with E-state index in [9.17, 15) is 18.0 Å². The van der Waals surface area contributed by atoms with Crippen molar-refractivity contribution < 1.29 is 22.7 Å². The summed E-state index contributed by atoms with van der Waals surface area (Å²) >= 11 is 5.93. The molecule has 12 heteroatoms. The highest BCUT2D eigenvalue weighted by atomic mass is 35.5. The van der Waals surface area contributed by atoms with Crippen molar-refractivity contribution in [1.29, 1.82) is 0 Å². The average molecular weight is 521 g/mol. The standard InChI is InChI=1S/C24H24ClF3N6O2/c1-32-10-12-34(13-11-32)18-5-3-4-17(15-18)30-22-29-9-8-21(31-22)33(2)23(35)36-20-14-16(24(26,27)28)6-7-19(20)25/h3-9,14-15H,10-13H2,1-2H3,(H,29,30,31). The van der Waals surface area contributed by atoms with Gasteiger partial charge in [0.1, 0.15) is 5.82 Å². The van der Waals surface area contributed by atoms with E-state index in [-0.39, 0.29) is 16.8 Å². The highest BCUT2D eigenvalue weighted by Crippen LogP contribution is 2.35. The molecule has 0 aliphatic carbocycles. The van der Waals surface area contributed by atoms with E-state index in [0.717, 1.165) is 54.6 Å². The van der Waals surface area contributed by atoms with Gasteiger partial charge in [0.2, 0.25) is 5.95 Å². The molecule has 1 fully saturated rings. The number of hydrogen-bond acceptors (Lipinski definition) is 7. The maximum absolute atomic E-state index is 13.0. The van der Waals surface area contributed by atoms with Crippen molar-refractivity contribution in [3.63, 3.8) is 0 Å². The Morgan fingerprint density at radius 1 is 1.11 bits per heavy atom. The molecule has 0 atom stereocenters. The lowest BCUT2D eigenvalue weighted by Crippen LogP contribution is -2.44. The fourth-order valence-corrected chi connectivity index (χ4v) is 3.74. The van der Waals surface area contributed by atoms with Crippen LogP contribution in [0.1, 0.15) is 5.56 Å². The molecule has 2 aromatic carbocycles. The SMILES string of the molecule is CN1CCN(c2cccc(Nc3nccc(N(C)C(=O)Oc4cc(C(F)(F)F)ccc4Cl)n3)c2)CC1. The van der Waals surface area contributed by atoms with Crippen LogP contribution in [0.3, 0.4) is 0 Å². The number of ether oxygens (including phenoxy) is 1. The number of likely N-dealkylation sites (N-methyl/N-ethyl adjacent to an activating group) is 1. The number of amides is 1. The first-order valence-electron chi connectivity index (χ1n) is 11.1. The van der Waals surface area contributed by atoms with Gasteiger partial charge in [-0.2, -0.15) is 18.2 Å². The molecule has 0 spiro atoms. The third-order valence-electron chi connectivity index (χ3n) is 5.68. The predicted molar refractivity (Wildman–Crippen MR) is 132 cm³/mol. The summed E-state index contributed by atoms with van der Waals surface area (Å²) in [6.07, 6.45) is -4.11. The van der Waals surface area contributed by atoms with E-state index >= 15 is 0 Å². The average Bonchev–Trinajstić information content (AvgIpc) is 2.85. The molecular formula is C24H24ClF3N6O2. The lowest BCUT2D eigenvalue weighted by molar-refractivity contribution is -0.137. The molecule has 0 bridgehead atoms. The Balaban J connectivity index is 1.46. The second-order valence-electron chi connectivity index (χ2n) is 8.27. The Bertz CT molecular complexity index is 1230. The van der Waals surface area contributed by atoms with Crippen molar-refractivity contribution >= 4 is 40.8 Å². The Morgan fingerprint density at radius 3 is 2.58 bits per heavy atom. The van der Waals surface area contributed by atoms with Crippen molar-refractivity contribution in [3.05, 3.63) is 65.3 Å². The summed E-state index contributed by atoms with van der Waals surface area (Å²) in [5.41, 5.74) is 0.858. The van der Waals surface area contributed by atoms with E-state index < -0.39 is 23.6 Å². The highest BCUT2D eigenvalue weighted by Gasteiger charge is 2.31. The van der Waals surface area contributed by atoms with Crippen molar-refractivity contribution in [2.75, 3.05) is 55.4 Å². The predicted octanol–water partition coefficient (Wildman–Crippen LogP) is 5.28. The fourth-order valence-electron chi connectivity index (χ4n) is 3.58. The molecule has 190 valence electrons. The zero-order chi connectivity index (χ0) is 25.9. The van der Waals surface area contributed by atoms with Gasteiger partial charge in [-0.1, -0.05) is 17.7 Å². The monoisotopic (exact) mass is 520 g/mol. The van der Waals surface area contributed by atoms with E-state index in [2.05, 4.69) is 32.1 Å². The van der Waals surface area contributed by atoms with Gasteiger partial charge in [-0.25, -0.2) is 9.78 Å². The summed E-state index contributed by atoms with van der Waals surface area (Å²) in [7, 11) is 3.48. The van der Waals surface area contributed by atoms with Crippen LogP contribution in [-0.2, 0) is 6.18 Å². The Hall–Kier alpha value is -3.57. The quantitative estimate of drug-likeness (QED) is 0.490. The molecule has 1 aliphatic rings. The molecule has 1 N–H and O–H groups in total. The summed E-state index contributed by atoms with van der Waals surface area (Å²) in [6, 6.07) is 11.8. The molecule has 3 aromatic rings. The largest absolute Gasteiger partial charge is 0.420 e. The number of hydrogen-bond donors (Lipinski definition) is 1. The summed E-state index contributed by atoms with van der Waals surface area (Å²) in [5, 5.41) is 3.00. The molecule has 0 radical (unpaired) electrons. The van der Waals surface area contributed by atoms with Gasteiger partial charge in [0.25, 0.3) is 0 Å². The smallest absolute Gasteiger partial charge is 0.408 e. The topological polar surface area (TPSA) is 73.8 Å². The molecule has 1 saturated heterocycles. The molecule has 0 saturated carbocycles. The Morgan fingerprint density at radius 2 is 1.86 bits per heavy atom. The number of carbonyl (C=O) groups excluding carboxylic acids is 1. The number of nitrogens with zero attached hydrogens (tertiary/aromatic N) is 5. The Kier molecular flexibility index (Phi) is 7.51. The van der Waals surface area contributed by atoms with E-state index in [1.165, 1.54) is 19.3 Å². The number of carbonyl (C=O) groups is 1. The van der Waals surface area contributed by atoms with Crippen LogP contribution in [0.4, 0.5) is 41.1 Å². The van der Waals surface area contributed by atoms with Gasteiger partial charge in [0.15, 0.2) is 5.75 Å². The summed E-state index contributed by atoms with van der Waals surface area (Å²) in [6.45, 7) is 3.82. The van der Waals surface area contributed by atoms with Crippen LogP contribution in [0, 0.1) is 0 Å². The van der Waals surface area contributed by atoms with E-state index in [0.29, 0.717) is 6.07 Å². The molecule has 36 heavy (non-hydrogen) atoms. The van der Waals surface area contributed by atoms with Crippen molar-refractivity contribution in [2.45, 2.75) is 6.18 Å². The first-order chi connectivity index (χ1) is 17.1. The number of rotatable bonds is 5. The zero-order valence-electron chi connectivity index (χ0n) is 19.6.